The molecule has 1 aromatic rings. The molecule has 0 saturated carbocycles. The minimum absolute atomic E-state index is 0.0489. The fourth-order valence-electron chi connectivity index (χ4n) is 4.75. The summed E-state index contributed by atoms with van der Waals surface area (Å²) in [5, 5.41) is 2.96. The van der Waals surface area contributed by atoms with Gasteiger partial charge in [0.25, 0.3) is 5.91 Å². The lowest BCUT2D eigenvalue weighted by molar-refractivity contribution is -0.116. The van der Waals surface area contributed by atoms with Crippen LogP contribution in [-0.4, -0.2) is 53.8 Å². The number of piperidine rings is 1. The summed E-state index contributed by atoms with van der Waals surface area (Å²) in [6.45, 7) is 2.79. The van der Waals surface area contributed by atoms with E-state index in [9.17, 15) is 9.59 Å². The van der Waals surface area contributed by atoms with Gasteiger partial charge in [-0.2, -0.15) is 0 Å². The van der Waals surface area contributed by atoms with Gasteiger partial charge in [0.15, 0.2) is 0 Å². The Hall–Kier alpha value is -1.88. The van der Waals surface area contributed by atoms with Crippen molar-refractivity contribution in [2.75, 3.05) is 32.0 Å². The molecule has 4 rings (SSSR count). The molecule has 1 unspecified atom stereocenters. The van der Waals surface area contributed by atoms with E-state index in [1.165, 1.54) is 19.3 Å². The Morgan fingerprint density at radius 2 is 1.92 bits per heavy atom. The topological polar surface area (TPSA) is 52.6 Å². The lowest BCUT2D eigenvalue weighted by Crippen LogP contribution is -2.55. The van der Waals surface area contributed by atoms with Crippen LogP contribution in [0, 0.1) is 0 Å². The second-order valence-corrected chi connectivity index (χ2v) is 7.85. The van der Waals surface area contributed by atoms with Crippen molar-refractivity contribution in [3.05, 3.63) is 29.3 Å². The first-order valence-corrected chi connectivity index (χ1v) is 9.51. The number of likely N-dealkylation sites (N-methyl/N-ethyl adjacent to an activating group) is 1. The third-order valence-corrected chi connectivity index (χ3v) is 6.27. The predicted octanol–water partition coefficient (Wildman–Crippen LogP) is 2.66. The average molecular weight is 341 g/mol. The van der Waals surface area contributed by atoms with Gasteiger partial charge in [-0.1, -0.05) is 6.07 Å². The molecule has 1 atom stereocenters. The van der Waals surface area contributed by atoms with Crippen molar-refractivity contribution in [2.45, 2.75) is 50.5 Å². The molecule has 1 aromatic carbocycles. The fourth-order valence-corrected chi connectivity index (χ4v) is 4.75. The number of carbonyl (C=O) groups is 2. The molecule has 1 N–H and O–H groups in total. The van der Waals surface area contributed by atoms with E-state index in [1.54, 1.807) is 0 Å². The highest BCUT2D eigenvalue weighted by Crippen LogP contribution is 2.36. The van der Waals surface area contributed by atoms with E-state index in [0.717, 1.165) is 50.1 Å². The zero-order valence-electron chi connectivity index (χ0n) is 15.0. The molecule has 0 bridgehead atoms. The molecule has 2 saturated heterocycles. The Morgan fingerprint density at radius 1 is 1.12 bits per heavy atom. The molecular weight excluding hydrogens is 314 g/mol. The van der Waals surface area contributed by atoms with Crippen molar-refractivity contribution < 1.29 is 9.59 Å². The monoisotopic (exact) mass is 341 g/mol. The summed E-state index contributed by atoms with van der Waals surface area (Å²) in [5.41, 5.74) is 2.82. The van der Waals surface area contributed by atoms with Crippen LogP contribution in [0.3, 0.4) is 0 Å². The second kappa shape index (κ2) is 6.45. The van der Waals surface area contributed by atoms with Gasteiger partial charge >= 0.3 is 0 Å². The molecular formula is C20H27N3O2. The summed E-state index contributed by atoms with van der Waals surface area (Å²) in [6, 6.07) is 5.81. The molecule has 134 valence electrons. The average Bonchev–Trinajstić information content (AvgIpc) is 2.84. The summed E-state index contributed by atoms with van der Waals surface area (Å²) in [4.78, 5) is 29.4. The maximum Gasteiger partial charge on any atom is 0.253 e. The number of benzene rings is 1. The zero-order chi connectivity index (χ0) is 17.4. The molecule has 3 aliphatic rings. The fraction of sp³-hybridized carbons (Fsp3) is 0.600. The van der Waals surface area contributed by atoms with Gasteiger partial charge in [0.2, 0.25) is 5.91 Å². The first kappa shape index (κ1) is 16.6. The largest absolute Gasteiger partial charge is 0.337 e. The number of fused-ring (bicyclic) bond motifs is 1. The highest BCUT2D eigenvalue weighted by atomic mass is 16.2. The number of anilines is 1. The van der Waals surface area contributed by atoms with Gasteiger partial charge in [-0.3, -0.25) is 14.5 Å². The molecule has 3 aliphatic heterocycles. The summed E-state index contributed by atoms with van der Waals surface area (Å²) in [5.74, 6) is 0.147. The summed E-state index contributed by atoms with van der Waals surface area (Å²) in [7, 11) is 2.19. The molecule has 0 radical (unpaired) electrons. The van der Waals surface area contributed by atoms with Crippen molar-refractivity contribution in [2.24, 2.45) is 0 Å². The Labute approximate surface area is 149 Å². The highest BCUT2D eigenvalue weighted by molar-refractivity contribution is 5.98. The zero-order valence-corrected chi connectivity index (χ0v) is 15.0. The van der Waals surface area contributed by atoms with Gasteiger partial charge in [-0.15, -0.1) is 0 Å². The van der Waals surface area contributed by atoms with Gasteiger partial charge in [0.05, 0.1) is 0 Å². The van der Waals surface area contributed by atoms with Gasteiger partial charge in [-0.05, 0) is 69.8 Å². The molecule has 2 amide bonds. The third kappa shape index (κ3) is 3.06. The third-order valence-electron chi connectivity index (χ3n) is 6.27. The number of likely N-dealkylation sites (tertiary alicyclic amines) is 2. The van der Waals surface area contributed by atoms with E-state index < -0.39 is 0 Å². The maximum atomic E-state index is 13.1. The second-order valence-electron chi connectivity index (χ2n) is 7.85. The van der Waals surface area contributed by atoms with E-state index in [-0.39, 0.29) is 17.4 Å². The van der Waals surface area contributed by atoms with Crippen LogP contribution in [0.15, 0.2) is 18.2 Å². The number of aryl methyl sites for hydroxylation is 1. The number of nitrogens with zero attached hydrogens (tertiary/aromatic N) is 2. The van der Waals surface area contributed by atoms with Crippen LogP contribution in [-0.2, 0) is 11.2 Å². The Morgan fingerprint density at radius 3 is 2.72 bits per heavy atom. The smallest absolute Gasteiger partial charge is 0.253 e. The Bertz CT molecular complexity index is 702. The number of rotatable bonds is 1. The Kier molecular flexibility index (Phi) is 4.28. The van der Waals surface area contributed by atoms with Crippen LogP contribution in [0.5, 0.6) is 0 Å². The number of hydrogen-bond donors (Lipinski definition) is 1. The van der Waals surface area contributed by atoms with Crippen LogP contribution in [0.4, 0.5) is 5.69 Å². The minimum Gasteiger partial charge on any atom is -0.337 e. The van der Waals surface area contributed by atoms with Crippen LogP contribution in [0.25, 0.3) is 0 Å². The summed E-state index contributed by atoms with van der Waals surface area (Å²) >= 11 is 0. The van der Waals surface area contributed by atoms with E-state index in [0.29, 0.717) is 12.0 Å². The van der Waals surface area contributed by atoms with Crippen LogP contribution in [0.2, 0.25) is 0 Å². The SMILES string of the molecule is CN1CCCC12CCCN(C(=O)c1ccc3c(c1)NC(=O)CCC3)C2. The van der Waals surface area contributed by atoms with Gasteiger partial charge in [-0.25, -0.2) is 0 Å². The molecule has 0 aliphatic carbocycles. The van der Waals surface area contributed by atoms with E-state index >= 15 is 0 Å². The molecule has 3 heterocycles. The minimum atomic E-state index is 0.0489. The molecule has 2 fully saturated rings. The number of amides is 2. The Balaban J connectivity index is 1.55. The van der Waals surface area contributed by atoms with Crippen molar-refractivity contribution >= 4 is 17.5 Å². The summed E-state index contributed by atoms with van der Waals surface area (Å²) < 4.78 is 0. The van der Waals surface area contributed by atoms with Gasteiger partial charge < -0.3 is 10.2 Å². The van der Waals surface area contributed by atoms with Crippen molar-refractivity contribution in [1.82, 2.24) is 9.80 Å². The number of hydrogen-bond acceptors (Lipinski definition) is 3. The maximum absolute atomic E-state index is 13.1. The highest BCUT2D eigenvalue weighted by Gasteiger charge is 2.43. The van der Waals surface area contributed by atoms with Crippen LogP contribution in [0.1, 0.15) is 54.4 Å². The van der Waals surface area contributed by atoms with Crippen molar-refractivity contribution in [3.63, 3.8) is 0 Å². The van der Waals surface area contributed by atoms with Gasteiger partial charge in [0.1, 0.15) is 0 Å². The van der Waals surface area contributed by atoms with Crippen molar-refractivity contribution in [3.8, 4) is 0 Å². The van der Waals surface area contributed by atoms with Gasteiger partial charge in [0, 0.05) is 36.3 Å². The molecule has 1 spiro atoms. The normalized spacial score (nSPS) is 27.1. The first-order chi connectivity index (χ1) is 12.1. The van der Waals surface area contributed by atoms with E-state index in [1.807, 2.05) is 23.1 Å². The first-order valence-electron chi connectivity index (χ1n) is 9.51. The molecule has 0 aromatic heterocycles. The van der Waals surface area contributed by atoms with Crippen LogP contribution >= 0.6 is 0 Å². The number of nitrogens with one attached hydrogen (secondary N) is 1. The molecule has 5 heteroatoms. The standard InChI is InChI=1S/C20H27N3O2/c1-22-11-3-9-20(22)10-4-12-23(14-20)19(25)16-8-7-15-5-2-6-18(24)21-17(15)13-16/h7-8,13H,2-6,9-12,14H2,1H3,(H,21,24). The predicted molar refractivity (Wildman–Crippen MR) is 97.7 cm³/mol. The molecule has 5 nitrogen and oxygen atoms in total. The number of carbonyl (C=O) groups excluding carboxylic acids is 2. The van der Waals surface area contributed by atoms with Crippen molar-refractivity contribution in [1.29, 1.82) is 0 Å². The lowest BCUT2D eigenvalue weighted by Gasteiger charge is -2.44. The lowest BCUT2D eigenvalue weighted by atomic mass is 9.86. The quantitative estimate of drug-likeness (QED) is 0.854. The molecule has 25 heavy (non-hydrogen) atoms. The van der Waals surface area contributed by atoms with E-state index in [4.69, 9.17) is 0 Å². The van der Waals surface area contributed by atoms with Crippen LogP contribution < -0.4 is 5.32 Å². The van der Waals surface area contributed by atoms with E-state index in [2.05, 4.69) is 17.3 Å². The summed E-state index contributed by atoms with van der Waals surface area (Å²) in [6.07, 6.45) is 6.98.